The minimum atomic E-state index is -0.0794. The van der Waals surface area contributed by atoms with E-state index in [0.29, 0.717) is 13.1 Å². The zero-order valence-corrected chi connectivity index (χ0v) is 12.1. The van der Waals surface area contributed by atoms with Crippen LogP contribution in [0.4, 0.5) is 0 Å². The molecule has 0 aromatic rings. The minimum absolute atomic E-state index is 0.0702. The molecule has 1 saturated heterocycles. The molecule has 0 spiro atoms. The largest absolute Gasteiger partial charge is 0.376 e. The summed E-state index contributed by atoms with van der Waals surface area (Å²) in [6.45, 7) is 5.75. The van der Waals surface area contributed by atoms with Crippen LogP contribution in [0.3, 0.4) is 0 Å². The highest BCUT2D eigenvalue weighted by Crippen LogP contribution is 2.13. The van der Waals surface area contributed by atoms with Crippen molar-refractivity contribution in [1.29, 1.82) is 0 Å². The Morgan fingerprint density at radius 3 is 2.74 bits per heavy atom. The molecule has 5 heteroatoms. The second kappa shape index (κ2) is 8.91. The van der Waals surface area contributed by atoms with Gasteiger partial charge in [-0.3, -0.25) is 9.59 Å². The number of hydrogen-bond acceptors (Lipinski definition) is 3. The van der Waals surface area contributed by atoms with Crippen molar-refractivity contribution < 1.29 is 14.3 Å². The van der Waals surface area contributed by atoms with Gasteiger partial charge in [0, 0.05) is 26.6 Å². The van der Waals surface area contributed by atoms with Crippen LogP contribution in [0.1, 0.15) is 46.0 Å². The first kappa shape index (κ1) is 16.0. The van der Waals surface area contributed by atoms with Crippen LogP contribution in [0.2, 0.25) is 0 Å². The van der Waals surface area contributed by atoms with Gasteiger partial charge in [0.2, 0.25) is 11.8 Å². The van der Waals surface area contributed by atoms with Crippen LogP contribution in [0.25, 0.3) is 0 Å². The fourth-order valence-electron chi connectivity index (χ4n) is 2.17. The molecule has 1 rings (SSSR count). The van der Waals surface area contributed by atoms with Crippen LogP contribution < -0.4 is 5.32 Å². The number of rotatable bonds is 8. The Hall–Kier alpha value is -1.10. The summed E-state index contributed by atoms with van der Waals surface area (Å²) in [5.74, 6) is -0.150. The molecular formula is C14H26N2O3. The van der Waals surface area contributed by atoms with Gasteiger partial charge in [-0.15, -0.1) is 0 Å². The zero-order chi connectivity index (χ0) is 14.1. The maximum absolute atomic E-state index is 11.7. The van der Waals surface area contributed by atoms with Crippen LogP contribution in [-0.2, 0) is 14.3 Å². The van der Waals surface area contributed by atoms with Crippen LogP contribution in [0.15, 0.2) is 0 Å². The number of ether oxygens (including phenoxy) is 1. The molecule has 1 fully saturated rings. The van der Waals surface area contributed by atoms with Crippen molar-refractivity contribution in [2.45, 2.75) is 52.1 Å². The molecule has 2 amide bonds. The average Bonchev–Trinajstić information content (AvgIpc) is 2.86. The second-order valence-electron chi connectivity index (χ2n) is 5.09. The normalized spacial score (nSPS) is 18.3. The Morgan fingerprint density at radius 2 is 2.16 bits per heavy atom. The minimum Gasteiger partial charge on any atom is -0.376 e. The summed E-state index contributed by atoms with van der Waals surface area (Å²) in [5, 5.41) is 2.85. The fraction of sp³-hybridized carbons (Fsp3) is 0.857. The van der Waals surface area contributed by atoms with E-state index in [2.05, 4.69) is 12.2 Å². The molecule has 0 aromatic heterocycles. The van der Waals surface area contributed by atoms with E-state index in [9.17, 15) is 9.59 Å². The van der Waals surface area contributed by atoms with Gasteiger partial charge in [-0.1, -0.05) is 19.8 Å². The summed E-state index contributed by atoms with van der Waals surface area (Å²) in [6.07, 6.45) is 5.35. The molecule has 1 aliphatic rings. The fourth-order valence-corrected chi connectivity index (χ4v) is 2.17. The van der Waals surface area contributed by atoms with E-state index in [-0.39, 0.29) is 24.5 Å². The van der Waals surface area contributed by atoms with Gasteiger partial charge < -0.3 is 15.0 Å². The van der Waals surface area contributed by atoms with Crippen LogP contribution >= 0.6 is 0 Å². The average molecular weight is 270 g/mol. The van der Waals surface area contributed by atoms with E-state index in [4.69, 9.17) is 4.74 Å². The highest BCUT2D eigenvalue weighted by atomic mass is 16.5. The van der Waals surface area contributed by atoms with E-state index in [0.717, 1.165) is 38.7 Å². The lowest BCUT2D eigenvalue weighted by atomic mass is 10.2. The van der Waals surface area contributed by atoms with Gasteiger partial charge in [0.15, 0.2) is 0 Å². The predicted molar refractivity (Wildman–Crippen MR) is 73.8 cm³/mol. The molecule has 1 N–H and O–H groups in total. The standard InChI is InChI=1S/C14H26N2O3/c1-3-4-5-8-15-14(18)11-16(12(2)17)10-13-7-6-9-19-13/h13H,3-11H2,1-2H3,(H,15,18). The van der Waals surface area contributed by atoms with Gasteiger partial charge >= 0.3 is 0 Å². The van der Waals surface area contributed by atoms with Crippen molar-refractivity contribution in [3.8, 4) is 0 Å². The monoisotopic (exact) mass is 270 g/mol. The van der Waals surface area contributed by atoms with E-state index in [1.54, 1.807) is 4.90 Å². The molecule has 19 heavy (non-hydrogen) atoms. The first-order valence-electron chi connectivity index (χ1n) is 7.27. The van der Waals surface area contributed by atoms with Crippen molar-refractivity contribution in [1.82, 2.24) is 10.2 Å². The van der Waals surface area contributed by atoms with Crippen molar-refractivity contribution in [3.63, 3.8) is 0 Å². The smallest absolute Gasteiger partial charge is 0.239 e. The van der Waals surface area contributed by atoms with Gasteiger partial charge in [-0.25, -0.2) is 0 Å². The maximum atomic E-state index is 11.7. The third-order valence-electron chi connectivity index (χ3n) is 3.33. The predicted octanol–water partition coefficient (Wildman–Crippen LogP) is 1.32. The number of nitrogens with one attached hydrogen (secondary N) is 1. The summed E-state index contributed by atoms with van der Waals surface area (Å²) in [4.78, 5) is 24.9. The molecule has 1 unspecified atom stereocenters. The molecule has 0 bridgehead atoms. The first-order chi connectivity index (χ1) is 9.13. The SMILES string of the molecule is CCCCCNC(=O)CN(CC1CCCO1)C(C)=O. The van der Waals surface area contributed by atoms with Crippen molar-refractivity contribution in [2.75, 3.05) is 26.2 Å². The van der Waals surface area contributed by atoms with Gasteiger partial charge in [0.05, 0.1) is 12.6 Å². The molecule has 110 valence electrons. The zero-order valence-electron chi connectivity index (χ0n) is 12.1. The number of amides is 2. The molecule has 1 atom stereocenters. The Kier molecular flexibility index (Phi) is 7.48. The molecule has 1 aliphatic heterocycles. The Morgan fingerprint density at radius 1 is 1.37 bits per heavy atom. The first-order valence-corrected chi connectivity index (χ1v) is 7.27. The number of nitrogens with zero attached hydrogens (tertiary/aromatic N) is 1. The molecule has 5 nitrogen and oxygen atoms in total. The van der Waals surface area contributed by atoms with Crippen LogP contribution in [0.5, 0.6) is 0 Å². The molecule has 0 aliphatic carbocycles. The topological polar surface area (TPSA) is 58.6 Å². The summed E-state index contributed by atoms with van der Waals surface area (Å²) in [7, 11) is 0. The van der Waals surface area contributed by atoms with Gasteiger partial charge in [0.1, 0.15) is 0 Å². The molecule has 0 radical (unpaired) electrons. The van der Waals surface area contributed by atoms with E-state index >= 15 is 0 Å². The van der Waals surface area contributed by atoms with E-state index in [1.807, 2.05) is 0 Å². The van der Waals surface area contributed by atoms with Gasteiger partial charge in [-0.2, -0.15) is 0 Å². The van der Waals surface area contributed by atoms with Crippen LogP contribution in [0, 0.1) is 0 Å². The highest BCUT2D eigenvalue weighted by molar-refractivity contribution is 5.83. The van der Waals surface area contributed by atoms with Crippen molar-refractivity contribution in [3.05, 3.63) is 0 Å². The Labute approximate surface area is 115 Å². The molecule has 1 heterocycles. The van der Waals surface area contributed by atoms with Crippen molar-refractivity contribution >= 4 is 11.8 Å². The third-order valence-corrected chi connectivity index (χ3v) is 3.33. The summed E-state index contributed by atoms with van der Waals surface area (Å²) in [5.41, 5.74) is 0. The van der Waals surface area contributed by atoms with Gasteiger partial charge in [-0.05, 0) is 19.3 Å². The lowest BCUT2D eigenvalue weighted by Gasteiger charge is -2.23. The molecule has 0 saturated carbocycles. The highest BCUT2D eigenvalue weighted by Gasteiger charge is 2.22. The van der Waals surface area contributed by atoms with E-state index < -0.39 is 0 Å². The number of carbonyl (C=O) groups excluding carboxylic acids is 2. The molecular weight excluding hydrogens is 244 g/mol. The molecule has 0 aromatic carbocycles. The van der Waals surface area contributed by atoms with E-state index in [1.165, 1.54) is 6.92 Å². The lowest BCUT2D eigenvalue weighted by molar-refractivity contribution is -0.135. The third kappa shape index (κ3) is 6.57. The summed E-state index contributed by atoms with van der Waals surface area (Å²) in [6, 6.07) is 0. The maximum Gasteiger partial charge on any atom is 0.239 e. The second-order valence-corrected chi connectivity index (χ2v) is 5.09. The Balaban J connectivity index is 2.27. The Bertz CT molecular complexity index is 288. The summed E-state index contributed by atoms with van der Waals surface area (Å²) >= 11 is 0. The quantitative estimate of drug-likeness (QED) is 0.677. The summed E-state index contributed by atoms with van der Waals surface area (Å²) < 4.78 is 5.50. The number of unbranched alkanes of at least 4 members (excludes halogenated alkanes) is 2. The van der Waals surface area contributed by atoms with Crippen LogP contribution in [-0.4, -0.2) is 49.1 Å². The van der Waals surface area contributed by atoms with Gasteiger partial charge in [0.25, 0.3) is 0 Å². The number of carbonyl (C=O) groups is 2. The number of hydrogen-bond donors (Lipinski definition) is 1. The van der Waals surface area contributed by atoms with Crippen molar-refractivity contribution in [2.24, 2.45) is 0 Å². The lowest BCUT2D eigenvalue weighted by Crippen LogP contribution is -2.43.